The maximum absolute atomic E-state index is 12.8. The van der Waals surface area contributed by atoms with Crippen LogP contribution in [-0.4, -0.2) is 22.4 Å². The van der Waals surface area contributed by atoms with E-state index >= 15 is 0 Å². The Morgan fingerprint density at radius 2 is 1.79 bits per heavy atom. The molecule has 3 rings (SSSR count). The first-order chi connectivity index (χ1) is 13.7. The van der Waals surface area contributed by atoms with Crippen molar-refractivity contribution in [1.29, 1.82) is 0 Å². The van der Waals surface area contributed by atoms with Crippen LogP contribution in [0.3, 0.4) is 0 Å². The molecule has 0 aliphatic rings. The zero-order valence-electron chi connectivity index (χ0n) is 16.1. The molecule has 28 heavy (non-hydrogen) atoms. The standard InChI is InChI=1S/C22H24N4O2/c1-3-4-14-23-22-24-16(2)15-19(26-22)21(27)25-18-12-8-9-13-20(18)28-17-10-6-5-7-11-17/h5-13,15H,3-4,14H2,1-2H3,(H,25,27)(H,23,24,26). The van der Waals surface area contributed by atoms with Crippen molar-refractivity contribution in [1.82, 2.24) is 9.97 Å². The molecule has 6 nitrogen and oxygen atoms in total. The summed E-state index contributed by atoms with van der Waals surface area (Å²) in [6.45, 7) is 4.73. The summed E-state index contributed by atoms with van der Waals surface area (Å²) in [5.74, 6) is 1.42. The summed E-state index contributed by atoms with van der Waals surface area (Å²) in [7, 11) is 0. The normalized spacial score (nSPS) is 10.4. The highest BCUT2D eigenvalue weighted by atomic mass is 16.5. The van der Waals surface area contributed by atoms with Crippen LogP contribution in [0.4, 0.5) is 11.6 Å². The van der Waals surface area contributed by atoms with Gasteiger partial charge in [-0.15, -0.1) is 0 Å². The van der Waals surface area contributed by atoms with E-state index < -0.39 is 0 Å². The molecule has 0 aliphatic heterocycles. The van der Waals surface area contributed by atoms with Gasteiger partial charge in [0.05, 0.1) is 5.69 Å². The minimum atomic E-state index is -0.312. The largest absolute Gasteiger partial charge is 0.455 e. The van der Waals surface area contributed by atoms with Crippen molar-refractivity contribution in [3.05, 3.63) is 72.1 Å². The van der Waals surface area contributed by atoms with Crippen LogP contribution in [0.1, 0.15) is 35.9 Å². The molecule has 6 heteroatoms. The third-order valence-electron chi connectivity index (χ3n) is 4.01. The molecular formula is C22H24N4O2. The Labute approximate surface area is 165 Å². The molecule has 0 atom stereocenters. The summed E-state index contributed by atoms with van der Waals surface area (Å²) in [5.41, 5.74) is 1.61. The maximum Gasteiger partial charge on any atom is 0.274 e. The minimum absolute atomic E-state index is 0.306. The van der Waals surface area contributed by atoms with E-state index in [0.29, 0.717) is 28.8 Å². The van der Waals surface area contributed by atoms with Gasteiger partial charge in [-0.05, 0) is 43.7 Å². The lowest BCUT2D eigenvalue weighted by molar-refractivity contribution is 0.102. The molecule has 1 heterocycles. The van der Waals surface area contributed by atoms with E-state index in [1.54, 1.807) is 12.1 Å². The third kappa shape index (κ3) is 5.30. The SMILES string of the molecule is CCCCNc1nc(C)cc(C(=O)Nc2ccccc2Oc2ccccc2)n1. The van der Waals surface area contributed by atoms with Crippen LogP contribution in [0.25, 0.3) is 0 Å². The minimum Gasteiger partial charge on any atom is -0.455 e. The number of aryl methyl sites for hydroxylation is 1. The highest BCUT2D eigenvalue weighted by Gasteiger charge is 2.13. The second-order valence-electron chi connectivity index (χ2n) is 6.36. The van der Waals surface area contributed by atoms with E-state index in [9.17, 15) is 4.79 Å². The molecule has 2 N–H and O–H groups in total. The van der Waals surface area contributed by atoms with Crippen LogP contribution in [0.5, 0.6) is 11.5 Å². The highest BCUT2D eigenvalue weighted by Crippen LogP contribution is 2.29. The second kappa shape index (κ2) is 9.50. The number of anilines is 2. The predicted octanol–water partition coefficient (Wildman–Crippen LogP) is 5.04. The first-order valence-electron chi connectivity index (χ1n) is 9.38. The van der Waals surface area contributed by atoms with Gasteiger partial charge in [0.2, 0.25) is 5.95 Å². The number of benzene rings is 2. The number of unbranched alkanes of at least 4 members (excludes halogenated alkanes) is 1. The molecule has 0 unspecified atom stereocenters. The van der Waals surface area contributed by atoms with Crippen molar-refractivity contribution in [2.75, 3.05) is 17.2 Å². The van der Waals surface area contributed by atoms with Crippen molar-refractivity contribution >= 4 is 17.5 Å². The molecule has 2 aromatic carbocycles. The lowest BCUT2D eigenvalue weighted by Crippen LogP contribution is -2.16. The Hall–Kier alpha value is -3.41. The number of hydrogen-bond donors (Lipinski definition) is 2. The Morgan fingerprint density at radius 1 is 1.04 bits per heavy atom. The fraction of sp³-hybridized carbons (Fsp3) is 0.227. The molecule has 0 aliphatic carbocycles. The fourth-order valence-electron chi connectivity index (χ4n) is 2.60. The van der Waals surface area contributed by atoms with Gasteiger partial charge < -0.3 is 15.4 Å². The number of para-hydroxylation sites is 3. The molecule has 0 bridgehead atoms. The van der Waals surface area contributed by atoms with E-state index in [-0.39, 0.29) is 5.91 Å². The zero-order chi connectivity index (χ0) is 19.8. The molecule has 0 saturated carbocycles. The average Bonchev–Trinajstić information content (AvgIpc) is 2.70. The number of nitrogens with zero attached hydrogens (tertiary/aromatic N) is 2. The van der Waals surface area contributed by atoms with Crippen molar-refractivity contribution in [3.8, 4) is 11.5 Å². The van der Waals surface area contributed by atoms with E-state index in [1.165, 1.54) is 0 Å². The molecule has 1 amide bonds. The molecule has 1 aromatic heterocycles. The maximum atomic E-state index is 12.8. The number of ether oxygens (including phenoxy) is 1. The fourth-order valence-corrected chi connectivity index (χ4v) is 2.60. The van der Waals surface area contributed by atoms with Crippen LogP contribution in [0, 0.1) is 6.92 Å². The number of hydrogen-bond acceptors (Lipinski definition) is 5. The van der Waals surface area contributed by atoms with E-state index in [1.807, 2.05) is 55.5 Å². The molecule has 0 fully saturated rings. The molecule has 0 saturated heterocycles. The van der Waals surface area contributed by atoms with E-state index in [4.69, 9.17) is 4.74 Å². The summed E-state index contributed by atoms with van der Waals surface area (Å²) >= 11 is 0. The molecular weight excluding hydrogens is 352 g/mol. The second-order valence-corrected chi connectivity index (χ2v) is 6.36. The number of nitrogens with one attached hydrogen (secondary N) is 2. The average molecular weight is 376 g/mol. The van der Waals surface area contributed by atoms with Gasteiger partial charge in [-0.25, -0.2) is 9.97 Å². The van der Waals surface area contributed by atoms with Gasteiger partial charge in [-0.3, -0.25) is 4.79 Å². The van der Waals surface area contributed by atoms with Crippen molar-refractivity contribution in [2.45, 2.75) is 26.7 Å². The first-order valence-corrected chi connectivity index (χ1v) is 9.38. The van der Waals surface area contributed by atoms with Crippen LogP contribution in [-0.2, 0) is 0 Å². The molecule has 0 radical (unpaired) electrons. The molecule has 144 valence electrons. The highest BCUT2D eigenvalue weighted by molar-refractivity contribution is 6.03. The summed E-state index contributed by atoms with van der Waals surface area (Å²) in [4.78, 5) is 21.5. The predicted molar refractivity (Wildman–Crippen MR) is 111 cm³/mol. The van der Waals surface area contributed by atoms with Gasteiger partial charge in [0.25, 0.3) is 5.91 Å². The summed E-state index contributed by atoms with van der Waals surface area (Å²) in [6, 6.07) is 18.4. The Balaban J connectivity index is 1.76. The van der Waals surface area contributed by atoms with Crippen LogP contribution in [0.2, 0.25) is 0 Å². The lowest BCUT2D eigenvalue weighted by Gasteiger charge is -2.12. The van der Waals surface area contributed by atoms with Gasteiger partial charge in [-0.2, -0.15) is 0 Å². The van der Waals surface area contributed by atoms with Gasteiger partial charge in [0, 0.05) is 12.2 Å². The van der Waals surface area contributed by atoms with Gasteiger partial charge >= 0.3 is 0 Å². The van der Waals surface area contributed by atoms with Crippen molar-refractivity contribution in [3.63, 3.8) is 0 Å². The summed E-state index contributed by atoms with van der Waals surface area (Å²) < 4.78 is 5.90. The monoisotopic (exact) mass is 376 g/mol. The third-order valence-corrected chi connectivity index (χ3v) is 4.01. The van der Waals surface area contributed by atoms with E-state index in [0.717, 1.165) is 25.1 Å². The van der Waals surface area contributed by atoms with Gasteiger partial charge in [0.15, 0.2) is 5.75 Å². The van der Waals surface area contributed by atoms with Crippen molar-refractivity contribution in [2.24, 2.45) is 0 Å². The zero-order valence-corrected chi connectivity index (χ0v) is 16.1. The topological polar surface area (TPSA) is 76.1 Å². The lowest BCUT2D eigenvalue weighted by atomic mass is 10.2. The molecule has 0 spiro atoms. The Kier molecular flexibility index (Phi) is 6.57. The first kappa shape index (κ1) is 19.4. The smallest absolute Gasteiger partial charge is 0.274 e. The summed E-state index contributed by atoms with van der Waals surface area (Å²) in [5, 5.41) is 6.05. The van der Waals surface area contributed by atoms with Crippen molar-refractivity contribution < 1.29 is 9.53 Å². The number of rotatable bonds is 8. The van der Waals surface area contributed by atoms with Crippen LogP contribution in [0.15, 0.2) is 60.7 Å². The molecule has 3 aromatic rings. The number of amides is 1. The summed E-state index contributed by atoms with van der Waals surface area (Å²) in [6.07, 6.45) is 2.09. The number of carbonyl (C=O) groups is 1. The van der Waals surface area contributed by atoms with E-state index in [2.05, 4.69) is 27.5 Å². The number of aromatic nitrogens is 2. The number of carbonyl (C=O) groups excluding carboxylic acids is 1. The van der Waals surface area contributed by atoms with Crippen LogP contribution < -0.4 is 15.4 Å². The Bertz CT molecular complexity index is 929. The Morgan fingerprint density at radius 3 is 2.57 bits per heavy atom. The quantitative estimate of drug-likeness (QED) is 0.539. The van der Waals surface area contributed by atoms with Gasteiger partial charge in [0.1, 0.15) is 11.4 Å². The van der Waals surface area contributed by atoms with Crippen LogP contribution >= 0.6 is 0 Å². The van der Waals surface area contributed by atoms with Gasteiger partial charge in [-0.1, -0.05) is 43.7 Å².